The van der Waals surface area contributed by atoms with Crippen molar-refractivity contribution < 1.29 is 0 Å². The number of hydrogen-bond donors (Lipinski definition) is 1. The van der Waals surface area contributed by atoms with Crippen LogP contribution in [-0.4, -0.2) is 13.1 Å². The van der Waals surface area contributed by atoms with E-state index in [9.17, 15) is 0 Å². The van der Waals surface area contributed by atoms with E-state index in [0.29, 0.717) is 0 Å². The van der Waals surface area contributed by atoms with Crippen molar-refractivity contribution in [3.63, 3.8) is 0 Å². The van der Waals surface area contributed by atoms with Gasteiger partial charge in [0.1, 0.15) is 0 Å². The molecule has 0 spiro atoms. The summed E-state index contributed by atoms with van der Waals surface area (Å²) in [6, 6.07) is 0. The number of rotatable bonds is 2. The lowest BCUT2D eigenvalue weighted by Crippen LogP contribution is -2.43. The van der Waals surface area contributed by atoms with Gasteiger partial charge in [0.05, 0.1) is 0 Å². The molecule has 52 valence electrons. The highest BCUT2D eigenvalue weighted by molar-refractivity contribution is 4.80. The number of nitrogens with one attached hydrogen (secondary N) is 1. The van der Waals surface area contributed by atoms with E-state index in [4.69, 9.17) is 0 Å². The van der Waals surface area contributed by atoms with Gasteiger partial charge < -0.3 is 5.32 Å². The first-order valence-corrected chi connectivity index (χ1v) is 4.16. The molecular weight excluding hydrogens is 110 g/mol. The monoisotopic (exact) mass is 125 g/mol. The van der Waals surface area contributed by atoms with Crippen molar-refractivity contribution in [3.8, 4) is 0 Å². The van der Waals surface area contributed by atoms with Gasteiger partial charge in [0.2, 0.25) is 0 Å². The molecule has 0 radical (unpaired) electrons. The lowest BCUT2D eigenvalue weighted by molar-refractivity contribution is 0.207. The van der Waals surface area contributed by atoms with Gasteiger partial charge in [0.25, 0.3) is 0 Å². The third-order valence-electron chi connectivity index (χ3n) is 2.76. The molecule has 1 aliphatic heterocycles. The van der Waals surface area contributed by atoms with E-state index in [1.165, 1.54) is 38.8 Å². The van der Waals surface area contributed by atoms with E-state index in [0.717, 1.165) is 11.8 Å². The quantitative estimate of drug-likeness (QED) is 0.588. The topological polar surface area (TPSA) is 12.0 Å². The van der Waals surface area contributed by atoms with Crippen LogP contribution in [0, 0.1) is 11.8 Å². The molecule has 2 aliphatic rings. The molecule has 2 rings (SSSR count). The third-order valence-corrected chi connectivity index (χ3v) is 2.76. The van der Waals surface area contributed by atoms with Gasteiger partial charge in [-0.1, -0.05) is 19.3 Å². The van der Waals surface area contributed by atoms with Crippen LogP contribution in [0.1, 0.15) is 25.7 Å². The summed E-state index contributed by atoms with van der Waals surface area (Å²) in [4.78, 5) is 0. The van der Waals surface area contributed by atoms with E-state index in [1.807, 2.05) is 0 Å². The standard InChI is InChI=1S/C8H15N/c1-2-7(3-1)4-8-5-9-6-8/h7-9H,1-6H2. The molecule has 0 bridgehead atoms. The van der Waals surface area contributed by atoms with E-state index in [2.05, 4.69) is 5.32 Å². The second-order valence-electron chi connectivity index (χ2n) is 3.56. The Labute approximate surface area is 56.8 Å². The maximum atomic E-state index is 3.31. The zero-order chi connectivity index (χ0) is 6.10. The van der Waals surface area contributed by atoms with E-state index >= 15 is 0 Å². The molecule has 1 nitrogen and oxygen atoms in total. The summed E-state index contributed by atoms with van der Waals surface area (Å²) in [5.74, 6) is 2.17. The molecule has 1 heterocycles. The Morgan fingerprint density at radius 2 is 1.89 bits per heavy atom. The van der Waals surface area contributed by atoms with Gasteiger partial charge >= 0.3 is 0 Å². The minimum absolute atomic E-state index is 1.05. The molecule has 0 aromatic heterocycles. The zero-order valence-corrected chi connectivity index (χ0v) is 5.90. The summed E-state index contributed by atoms with van der Waals surface area (Å²) in [7, 11) is 0. The molecule has 0 atom stereocenters. The molecule has 0 unspecified atom stereocenters. The second kappa shape index (κ2) is 2.30. The van der Waals surface area contributed by atoms with Crippen molar-refractivity contribution >= 4 is 0 Å². The first-order chi connectivity index (χ1) is 4.45. The van der Waals surface area contributed by atoms with Crippen LogP contribution in [0.4, 0.5) is 0 Å². The molecule has 1 N–H and O–H groups in total. The minimum atomic E-state index is 1.05. The number of hydrogen-bond acceptors (Lipinski definition) is 1. The third kappa shape index (κ3) is 1.11. The molecule has 0 aromatic rings. The van der Waals surface area contributed by atoms with Gasteiger partial charge in [0, 0.05) is 0 Å². The predicted molar refractivity (Wildman–Crippen MR) is 38.3 cm³/mol. The minimum Gasteiger partial charge on any atom is -0.316 e. The lowest BCUT2D eigenvalue weighted by atomic mass is 9.77. The summed E-state index contributed by atoms with van der Waals surface area (Å²) >= 11 is 0. The highest BCUT2D eigenvalue weighted by atomic mass is 14.9. The van der Waals surface area contributed by atoms with Crippen molar-refractivity contribution in [2.24, 2.45) is 11.8 Å². The Hall–Kier alpha value is -0.0400. The summed E-state index contributed by atoms with van der Waals surface area (Å²) < 4.78 is 0. The Kier molecular flexibility index (Phi) is 1.46. The lowest BCUT2D eigenvalue weighted by Gasteiger charge is -2.34. The van der Waals surface area contributed by atoms with E-state index in [-0.39, 0.29) is 0 Å². The fraction of sp³-hybridized carbons (Fsp3) is 1.00. The van der Waals surface area contributed by atoms with Gasteiger partial charge in [-0.3, -0.25) is 0 Å². The van der Waals surface area contributed by atoms with E-state index in [1.54, 1.807) is 0 Å². The Morgan fingerprint density at radius 3 is 2.22 bits per heavy atom. The molecule has 1 aliphatic carbocycles. The maximum Gasteiger partial charge on any atom is -0.000815 e. The van der Waals surface area contributed by atoms with Gasteiger partial charge in [-0.05, 0) is 31.3 Å². The Morgan fingerprint density at radius 1 is 1.11 bits per heavy atom. The summed E-state index contributed by atoms with van der Waals surface area (Å²) in [6.45, 7) is 2.60. The molecule has 1 saturated carbocycles. The average molecular weight is 125 g/mol. The van der Waals surface area contributed by atoms with Crippen LogP contribution in [0.15, 0.2) is 0 Å². The van der Waals surface area contributed by atoms with Crippen LogP contribution in [0.3, 0.4) is 0 Å². The van der Waals surface area contributed by atoms with Crippen molar-refractivity contribution in [3.05, 3.63) is 0 Å². The molecular formula is C8H15N. The van der Waals surface area contributed by atoms with Crippen LogP contribution in [-0.2, 0) is 0 Å². The zero-order valence-electron chi connectivity index (χ0n) is 5.90. The summed E-state index contributed by atoms with van der Waals surface area (Å²) in [5, 5.41) is 3.31. The smallest absolute Gasteiger partial charge is 0.000815 e. The van der Waals surface area contributed by atoms with Crippen LogP contribution < -0.4 is 5.32 Å². The van der Waals surface area contributed by atoms with Crippen molar-refractivity contribution in [2.75, 3.05) is 13.1 Å². The molecule has 0 aromatic carbocycles. The molecule has 0 amide bonds. The Bertz CT molecular complexity index is 80.7. The van der Waals surface area contributed by atoms with Crippen molar-refractivity contribution in [1.82, 2.24) is 5.32 Å². The van der Waals surface area contributed by atoms with Crippen molar-refractivity contribution in [2.45, 2.75) is 25.7 Å². The first kappa shape index (κ1) is 5.72. The fourth-order valence-electron chi connectivity index (χ4n) is 1.72. The average Bonchev–Trinajstić information content (AvgIpc) is 1.57. The highest BCUT2D eigenvalue weighted by Crippen LogP contribution is 2.32. The fourth-order valence-corrected chi connectivity index (χ4v) is 1.72. The molecule has 2 fully saturated rings. The Balaban J connectivity index is 1.64. The van der Waals surface area contributed by atoms with Gasteiger partial charge in [-0.25, -0.2) is 0 Å². The van der Waals surface area contributed by atoms with Gasteiger partial charge in [0.15, 0.2) is 0 Å². The predicted octanol–water partition coefficient (Wildman–Crippen LogP) is 1.40. The molecule has 9 heavy (non-hydrogen) atoms. The summed E-state index contributed by atoms with van der Waals surface area (Å²) in [6.07, 6.45) is 6.07. The molecule has 1 heteroatoms. The van der Waals surface area contributed by atoms with E-state index < -0.39 is 0 Å². The maximum absolute atomic E-state index is 3.31. The van der Waals surface area contributed by atoms with Gasteiger partial charge in [-0.15, -0.1) is 0 Å². The van der Waals surface area contributed by atoms with Crippen LogP contribution in [0.5, 0.6) is 0 Å². The molecule has 1 saturated heterocycles. The second-order valence-corrected chi connectivity index (χ2v) is 3.56. The van der Waals surface area contributed by atoms with Crippen molar-refractivity contribution in [1.29, 1.82) is 0 Å². The normalized spacial score (nSPS) is 29.3. The van der Waals surface area contributed by atoms with Crippen LogP contribution >= 0.6 is 0 Å². The highest BCUT2D eigenvalue weighted by Gasteiger charge is 2.24. The first-order valence-electron chi connectivity index (χ1n) is 4.16. The van der Waals surface area contributed by atoms with Crippen LogP contribution in [0.2, 0.25) is 0 Å². The van der Waals surface area contributed by atoms with Crippen LogP contribution in [0.25, 0.3) is 0 Å². The van der Waals surface area contributed by atoms with Gasteiger partial charge in [-0.2, -0.15) is 0 Å². The summed E-state index contributed by atoms with van der Waals surface area (Å²) in [5.41, 5.74) is 0. The SMILES string of the molecule is C1CC(CC2CNC2)C1. The largest absolute Gasteiger partial charge is 0.316 e.